The van der Waals surface area contributed by atoms with Gasteiger partial charge >= 0.3 is 6.03 Å². The van der Waals surface area contributed by atoms with Crippen LogP contribution in [0.1, 0.15) is 64.3 Å². The Labute approximate surface area is 141 Å². The van der Waals surface area contributed by atoms with Crippen LogP contribution in [-0.4, -0.2) is 28.0 Å². The minimum atomic E-state index is -0.304. The van der Waals surface area contributed by atoms with Gasteiger partial charge in [0.2, 0.25) is 5.91 Å². The van der Waals surface area contributed by atoms with Gasteiger partial charge in [-0.2, -0.15) is 0 Å². The van der Waals surface area contributed by atoms with E-state index in [1.54, 1.807) is 0 Å². The predicted molar refractivity (Wildman–Crippen MR) is 87.1 cm³/mol. The second-order valence-corrected chi connectivity index (χ2v) is 8.76. The Hall–Kier alpha value is -1.85. The van der Waals surface area contributed by atoms with Crippen LogP contribution in [-0.2, 0) is 16.8 Å². The number of imide groups is 1. The number of aromatic nitrogens is 1. The number of nitrogens with one attached hydrogen (secondary N) is 1. The van der Waals surface area contributed by atoms with Crippen molar-refractivity contribution in [2.24, 2.45) is 11.3 Å². The first kappa shape index (κ1) is 15.7. The van der Waals surface area contributed by atoms with Gasteiger partial charge in [0, 0.05) is 17.5 Å². The fourth-order valence-electron chi connectivity index (χ4n) is 4.02. The van der Waals surface area contributed by atoms with Crippen molar-refractivity contribution in [2.45, 2.75) is 70.9 Å². The molecule has 1 spiro atoms. The van der Waals surface area contributed by atoms with Crippen LogP contribution >= 0.6 is 0 Å². The molecule has 1 aliphatic heterocycles. The van der Waals surface area contributed by atoms with Crippen LogP contribution in [0.15, 0.2) is 10.6 Å². The number of fused-ring (bicyclic) bond motifs is 1. The molecule has 3 fully saturated rings. The predicted octanol–water partition coefficient (Wildman–Crippen LogP) is 2.97. The summed E-state index contributed by atoms with van der Waals surface area (Å²) in [4.78, 5) is 26.6. The van der Waals surface area contributed by atoms with Crippen molar-refractivity contribution in [3.8, 4) is 0 Å². The van der Waals surface area contributed by atoms with Crippen molar-refractivity contribution in [1.82, 2.24) is 15.4 Å². The molecule has 24 heavy (non-hydrogen) atoms. The van der Waals surface area contributed by atoms with E-state index in [9.17, 15) is 9.59 Å². The Balaban J connectivity index is 1.51. The highest BCUT2D eigenvalue weighted by Gasteiger charge is 2.53. The number of nitrogens with zero attached hydrogens (tertiary/aromatic N) is 2. The van der Waals surface area contributed by atoms with E-state index in [1.807, 2.05) is 6.07 Å². The lowest BCUT2D eigenvalue weighted by Crippen LogP contribution is -2.61. The second kappa shape index (κ2) is 5.07. The average Bonchev–Trinajstić information content (AvgIpc) is 3.07. The lowest BCUT2D eigenvalue weighted by molar-refractivity contribution is -0.138. The van der Waals surface area contributed by atoms with Crippen molar-refractivity contribution < 1.29 is 14.1 Å². The highest BCUT2D eigenvalue weighted by Crippen LogP contribution is 2.58. The van der Waals surface area contributed by atoms with Gasteiger partial charge in [0.1, 0.15) is 0 Å². The Morgan fingerprint density at radius 1 is 1.33 bits per heavy atom. The lowest BCUT2D eigenvalue weighted by atomic mass is 9.74. The average molecular weight is 331 g/mol. The first-order chi connectivity index (χ1) is 11.3. The molecule has 2 heterocycles. The second-order valence-electron chi connectivity index (χ2n) is 8.76. The molecule has 6 heteroatoms. The highest BCUT2D eigenvalue weighted by molar-refractivity contribution is 5.98. The first-order valence-corrected chi connectivity index (χ1v) is 8.85. The largest absolute Gasteiger partial charge is 0.359 e. The molecule has 1 aromatic heterocycles. The molecular formula is C18H25N3O3. The van der Waals surface area contributed by atoms with Crippen LogP contribution < -0.4 is 5.32 Å². The third-order valence-corrected chi connectivity index (χ3v) is 5.86. The minimum absolute atomic E-state index is 0.00679. The maximum atomic E-state index is 12.9. The van der Waals surface area contributed by atoms with Gasteiger partial charge in [-0.3, -0.25) is 9.69 Å². The summed E-state index contributed by atoms with van der Waals surface area (Å²) in [5.74, 6) is 0.422. The van der Waals surface area contributed by atoms with Crippen molar-refractivity contribution >= 4 is 11.9 Å². The van der Waals surface area contributed by atoms with Crippen LogP contribution in [0.2, 0.25) is 0 Å². The Morgan fingerprint density at radius 3 is 2.71 bits per heavy atom. The first-order valence-electron chi connectivity index (χ1n) is 8.85. The molecule has 0 bridgehead atoms. The third-order valence-electron chi connectivity index (χ3n) is 5.86. The topological polar surface area (TPSA) is 75.4 Å². The molecule has 2 saturated carbocycles. The maximum Gasteiger partial charge on any atom is 0.324 e. The quantitative estimate of drug-likeness (QED) is 0.904. The zero-order valence-corrected chi connectivity index (χ0v) is 14.6. The van der Waals surface area contributed by atoms with E-state index >= 15 is 0 Å². The van der Waals surface area contributed by atoms with Crippen LogP contribution in [0.3, 0.4) is 0 Å². The molecule has 0 unspecified atom stereocenters. The molecule has 2 aliphatic carbocycles. The summed E-state index contributed by atoms with van der Waals surface area (Å²) in [6.07, 6.45) is 5.44. The normalized spacial score (nSPS) is 28.7. The molecular weight excluding hydrogens is 306 g/mol. The van der Waals surface area contributed by atoms with Crippen molar-refractivity contribution in [3.63, 3.8) is 0 Å². The van der Waals surface area contributed by atoms with Gasteiger partial charge in [0.15, 0.2) is 5.76 Å². The molecule has 4 rings (SSSR count). The lowest BCUT2D eigenvalue weighted by Gasteiger charge is -2.42. The molecule has 3 amide bonds. The van der Waals surface area contributed by atoms with Crippen molar-refractivity contribution in [3.05, 3.63) is 17.5 Å². The van der Waals surface area contributed by atoms with Gasteiger partial charge in [-0.15, -0.1) is 0 Å². The zero-order chi connectivity index (χ0) is 17.1. The number of rotatable bonds is 2. The summed E-state index contributed by atoms with van der Waals surface area (Å²) in [5, 5.41) is 7.10. The number of urea groups is 1. The fraction of sp³-hybridized carbons (Fsp3) is 0.722. The Bertz CT molecular complexity index is 684. The van der Waals surface area contributed by atoms with Gasteiger partial charge in [0.05, 0.1) is 18.2 Å². The summed E-state index contributed by atoms with van der Waals surface area (Å²) in [6.45, 7) is 6.31. The summed E-state index contributed by atoms with van der Waals surface area (Å²) < 4.78 is 5.36. The van der Waals surface area contributed by atoms with E-state index < -0.39 is 0 Å². The number of hydrogen-bond acceptors (Lipinski definition) is 4. The number of carbonyl (C=O) groups excluding carboxylic acids is 2. The molecule has 6 nitrogen and oxygen atoms in total. The molecule has 1 saturated heterocycles. The van der Waals surface area contributed by atoms with Gasteiger partial charge in [-0.05, 0) is 37.5 Å². The van der Waals surface area contributed by atoms with Gasteiger partial charge in [-0.25, -0.2) is 4.79 Å². The van der Waals surface area contributed by atoms with E-state index in [0.717, 1.165) is 25.0 Å². The molecule has 130 valence electrons. The highest BCUT2D eigenvalue weighted by atomic mass is 16.5. The maximum absolute atomic E-state index is 12.9. The van der Waals surface area contributed by atoms with Crippen molar-refractivity contribution in [1.29, 1.82) is 0 Å². The number of hydrogen-bond donors (Lipinski definition) is 1. The standard InChI is InChI=1S/C18H25N3O3/c1-17(2,3)14-8-11(24-20-14)10-21-15(22)12-9-18(6-7-18)5-4-13(12)19-16(21)23/h8,12-13H,4-7,9-10H2,1-3H3,(H,19,23)/t12-,13+/m0/s1. The molecule has 0 aromatic carbocycles. The van der Waals surface area contributed by atoms with E-state index in [4.69, 9.17) is 4.52 Å². The zero-order valence-electron chi connectivity index (χ0n) is 14.6. The summed E-state index contributed by atoms with van der Waals surface area (Å²) >= 11 is 0. The van der Waals surface area contributed by atoms with Crippen LogP contribution in [0.5, 0.6) is 0 Å². The summed E-state index contributed by atoms with van der Waals surface area (Å²) in [5.41, 5.74) is 1.09. The van der Waals surface area contributed by atoms with Gasteiger partial charge < -0.3 is 9.84 Å². The van der Waals surface area contributed by atoms with Gasteiger partial charge in [-0.1, -0.05) is 25.9 Å². The SMILES string of the molecule is CC(C)(C)c1cc(CN2C(=O)N[C@@H]3CCC4(CC4)C[C@@H]3C2=O)on1. The minimum Gasteiger partial charge on any atom is -0.359 e. The molecule has 2 atom stereocenters. The number of carbonyl (C=O) groups is 2. The summed E-state index contributed by atoms with van der Waals surface area (Å²) in [7, 11) is 0. The smallest absolute Gasteiger partial charge is 0.324 e. The molecule has 1 aromatic rings. The monoisotopic (exact) mass is 331 g/mol. The number of amides is 3. The van der Waals surface area contributed by atoms with Crippen molar-refractivity contribution in [2.75, 3.05) is 0 Å². The van der Waals surface area contributed by atoms with E-state index in [1.165, 1.54) is 17.7 Å². The van der Waals surface area contributed by atoms with Gasteiger partial charge in [0.25, 0.3) is 0 Å². The van der Waals surface area contributed by atoms with E-state index in [0.29, 0.717) is 11.2 Å². The van der Waals surface area contributed by atoms with E-state index in [-0.39, 0.29) is 35.9 Å². The Morgan fingerprint density at radius 2 is 2.08 bits per heavy atom. The fourth-order valence-corrected chi connectivity index (χ4v) is 4.02. The van der Waals surface area contributed by atoms with Crippen LogP contribution in [0.4, 0.5) is 4.79 Å². The van der Waals surface area contributed by atoms with E-state index in [2.05, 4.69) is 31.2 Å². The summed E-state index contributed by atoms with van der Waals surface area (Å²) in [6, 6.07) is 1.55. The van der Waals surface area contributed by atoms with Crippen LogP contribution in [0.25, 0.3) is 0 Å². The third kappa shape index (κ3) is 2.62. The molecule has 1 N–H and O–H groups in total. The Kier molecular flexibility index (Phi) is 3.31. The molecule has 3 aliphatic rings. The molecule has 0 radical (unpaired) electrons. The van der Waals surface area contributed by atoms with Crippen LogP contribution in [0, 0.1) is 11.3 Å².